The van der Waals surface area contributed by atoms with Crippen molar-refractivity contribution in [1.82, 2.24) is 9.80 Å². The number of rotatable bonds is 5. The molecule has 29 heavy (non-hydrogen) atoms. The smallest absolute Gasteiger partial charge is 0.260 e. The zero-order chi connectivity index (χ0) is 20.1. The lowest BCUT2D eigenvalue weighted by molar-refractivity contribution is -0.134. The fourth-order valence-corrected chi connectivity index (χ4v) is 3.54. The van der Waals surface area contributed by atoms with E-state index in [2.05, 4.69) is 17.0 Å². The maximum absolute atomic E-state index is 13.0. The molecule has 1 fully saturated rings. The number of amides is 1. The molecule has 1 saturated heterocycles. The molecule has 7 heteroatoms. The highest BCUT2D eigenvalue weighted by Crippen LogP contribution is 2.25. The molecule has 2 aromatic rings. The van der Waals surface area contributed by atoms with Crippen LogP contribution in [0.4, 0.5) is 4.39 Å². The summed E-state index contributed by atoms with van der Waals surface area (Å²) in [5, 5.41) is 0. The van der Waals surface area contributed by atoms with Crippen molar-refractivity contribution in [2.75, 3.05) is 46.1 Å². The first-order valence-corrected chi connectivity index (χ1v) is 9.88. The predicted molar refractivity (Wildman–Crippen MR) is 105 cm³/mol. The van der Waals surface area contributed by atoms with Gasteiger partial charge >= 0.3 is 0 Å². The van der Waals surface area contributed by atoms with Gasteiger partial charge in [-0.1, -0.05) is 6.07 Å². The van der Waals surface area contributed by atoms with Gasteiger partial charge in [0.25, 0.3) is 5.91 Å². The van der Waals surface area contributed by atoms with Crippen LogP contribution in [0.3, 0.4) is 0 Å². The van der Waals surface area contributed by atoms with Crippen LogP contribution < -0.4 is 9.47 Å². The molecule has 6 nitrogen and oxygen atoms in total. The third-order valence-corrected chi connectivity index (χ3v) is 5.14. The summed E-state index contributed by atoms with van der Waals surface area (Å²) in [6.45, 7) is 5.59. The van der Waals surface area contributed by atoms with Crippen molar-refractivity contribution in [1.29, 1.82) is 0 Å². The molecule has 0 aromatic heterocycles. The molecule has 2 aromatic carbocycles. The maximum atomic E-state index is 13.0. The van der Waals surface area contributed by atoms with E-state index in [-0.39, 0.29) is 18.3 Å². The molecule has 0 aliphatic carbocycles. The summed E-state index contributed by atoms with van der Waals surface area (Å²) in [6.07, 6.45) is 0. The number of morpholine rings is 1. The monoisotopic (exact) mass is 400 g/mol. The summed E-state index contributed by atoms with van der Waals surface area (Å²) in [4.78, 5) is 16.8. The molecule has 0 unspecified atom stereocenters. The second-order valence-electron chi connectivity index (χ2n) is 7.24. The minimum atomic E-state index is -0.335. The van der Waals surface area contributed by atoms with Crippen molar-refractivity contribution in [2.45, 2.75) is 13.1 Å². The predicted octanol–water partition coefficient (Wildman–Crippen LogP) is 2.46. The van der Waals surface area contributed by atoms with E-state index in [4.69, 9.17) is 14.2 Å². The second-order valence-corrected chi connectivity index (χ2v) is 7.24. The Hall–Kier alpha value is -2.64. The number of hydrogen-bond donors (Lipinski definition) is 0. The molecule has 0 atom stereocenters. The van der Waals surface area contributed by atoms with Crippen LogP contribution in [0.5, 0.6) is 11.5 Å². The van der Waals surface area contributed by atoms with Crippen LogP contribution in [-0.4, -0.2) is 61.8 Å². The third-order valence-electron chi connectivity index (χ3n) is 5.14. The Morgan fingerprint density at radius 3 is 2.62 bits per heavy atom. The number of carbonyl (C=O) groups excluding carboxylic acids is 1. The van der Waals surface area contributed by atoms with Crippen LogP contribution in [0.1, 0.15) is 11.1 Å². The zero-order valence-corrected chi connectivity index (χ0v) is 16.3. The van der Waals surface area contributed by atoms with Gasteiger partial charge in [-0.25, -0.2) is 4.39 Å². The first-order valence-electron chi connectivity index (χ1n) is 9.88. The third kappa shape index (κ3) is 5.25. The van der Waals surface area contributed by atoms with Gasteiger partial charge in [0.1, 0.15) is 23.9 Å². The average molecular weight is 400 g/mol. The van der Waals surface area contributed by atoms with Crippen LogP contribution >= 0.6 is 0 Å². The minimum absolute atomic E-state index is 0.0889. The van der Waals surface area contributed by atoms with E-state index in [0.29, 0.717) is 25.4 Å². The number of ether oxygens (including phenoxy) is 3. The van der Waals surface area contributed by atoms with Gasteiger partial charge in [-0.05, 0) is 42.0 Å². The van der Waals surface area contributed by atoms with Crippen molar-refractivity contribution < 1.29 is 23.4 Å². The number of fused-ring (bicyclic) bond motifs is 1. The molecule has 2 heterocycles. The number of hydrogen-bond acceptors (Lipinski definition) is 5. The highest BCUT2D eigenvalue weighted by molar-refractivity contribution is 5.78. The van der Waals surface area contributed by atoms with Gasteiger partial charge in [-0.2, -0.15) is 0 Å². The summed E-state index contributed by atoms with van der Waals surface area (Å²) >= 11 is 0. The fourth-order valence-electron chi connectivity index (χ4n) is 3.54. The number of carbonyl (C=O) groups is 1. The quantitative estimate of drug-likeness (QED) is 0.772. The summed E-state index contributed by atoms with van der Waals surface area (Å²) in [5.41, 5.74) is 2.20. The molecule has 4 rings (SSSR count). The lowest BCUT2D eigenvalue weighted by atomic mass is 10.1. The second kappa shape index (κ2) is 9.24. The number of halogens is 1. The van der Waals surface area contributed by atoms with E-state index in [1.165, 1.54) is 29.8 Å². The molecule has 1 amide bonds. The number of benzene rings is 2. The Bertz CT molecular complexity index is 837. The van der Waals surface area contributed by atoms with Crippen LogP contribution in [-0.2, 0) is 22.6 Å². The Morgan fingerprint density at radius 1 is 1.03 bits per heavy atom. The fraction of sp³-hybridized carbons (Fsp3) is 0.409. The highest BCUT2D eigenvalue weighted by atomic mass is 19.1. The van der Waals surface area contributed by atoms with Gasteiger partial charge in [0.15, 0.2) is 6.61 Å². The minimum Gasteiger partial charge on any atom is -0.491 e. The Morgan fingerprint density at radius 2 is 1.83 bits per heavy atom. The van der Waals surface area contributed by atoms with E-state index >= 15 is 0 Å². The standard InChI is InChI=1S/C22H25FN2O4/c23-19-2-4-20(5-3-19)29-16-22(26)25-9-12-28-21-6-1-17(13-18(21)15-25)14-24-7-10-27-11-8-24/h1-6,13H,7-12,14-16H2. The summed E-state index contributed by atoms with van der Waals surface area (Å²) in [6, 6.07) is 11.9. The highest BCUT2D eigenvalue weighted by Gasteiger charge is 2.21. The Balaban J connectivity index is 1.38. The SMILES string of the molecule is O=C(COc1ccc(F)cc1)N1CCOc2ccc(CN3CCOCC3)cc2C1. The summed E-state index contributed by atoms with van der Waals surface area (Å²) in [7, 11) is 0. The van der Waals surface area contributed by atoms with E-state index in [0.717, 1.165) is 44.2 Å². The van der Waals surface area contributed by atoms with Gasteiger partial charge in [0, 0.05) is 31.7 Å². The van der Waals surface area contributed by atoms with Crippen LogP contribution in [0.25, 0.3) is 0 Å². The van der Waals surface area contributed by atoms with Gasteiger partial charge in [0.05, 0.1) is 19.8 Å². The topological polar surface area (TPSA) is 51.2 Å². The van der Waals surface area contributed by atoms with Crippen molar-refractivity contribution in [3.63, 3.8) is 0 Å². The Kier molecular flexibility index (Phi) is 6.27. The summed E-state index contributed by atoms with van der Waals surface area (Å²) in [5.74, 6) is 0.840. The van der Waals surface area contributed by atoms with Crippen LogP contribution in [0.15, 0.2) is 42.5 Å². The van der Waals surface area contributed by atoms with Gasteiger partial charge < -0.3 is 19.1 Å². The van der Waals surface area contributed by atoms with E-state index < -0.39 is 0 Å². The largest absolute Gasteiger partial charge is 0.491 e. The lowest BCUT2D eigenvalue weighted by Gasteiger charge is -2.27. The van der Waals surface area contributed by atoms with Crippen molar-refractivity contribution in [2.24, 2.45) is 0 Å². The van der Waals surface area contributed by atoms with E-state index in [9.17, 15) is 9.18 Å². The zero-order valence-electron chi connectivity index (χ0n) is 16.3. The molecule has 154 valence electrons. The molecule has 0 N–H and O–H groups in total. The molecule has 0 spiro atoms. The molecule has 0 radical (unpaired) electrons. The summed E-state index contributed by atoms with van der Waals surface area (Å²) < 4.78 is 29.8. The molecule has 0 saturated carbocycles. The van der Waals surface area contributed by atoms with E-state index in [1.54, 1.807) is 4.90 Å². The van der Waals surface area contributed by atoms with Crippen LogP contribution in [0, 0.1) is 5.82 Å². The molecular formula is C22H25FN2O4. The van der Waals surface area contributed by atoms with Crippen molar-refractivity contribution >= 4 is 5.91 Å². The first-order chi connectivity index (χ1) is 14.2. The van der Waals surface area contributed by atoms with Crippen molar-refractivity contribution in [3.8, 4) is 11.5 Å². The Labute approximate surface area is 169 Å². The lowest BCUT2D eigenvalue weighted by Crippen LogP contribution is -2.36. The van der Waals surface area contributed by atoms with Crippen LogP contribution in [0.2, 0.25) is 0 Å². The van der Waals surface area contributed by atoms with Crippen molar-refractivity contribution in [3.05, 3.63) is 59.4 Å². The molecular weight excluding hydrogens is 375 g/mol. The maximum Gasteiger partial charge on any atom is 0.260 e. The van der Waals surface area contributed by atoms with Gasteiger partial charge in [-0.15, -0.1) is 0 Å². The molecule has 0 bridgehead atoms. The normalized spacial score (nSPS) is 17.2. The number of nitrogens with zero attached hydrogens (tertiary/aromatic N) is 2. The molecule has 2 aliphatic heterocycles. The molecule has 2 aliphatic rings. The first kappa shape index (κ1) is 19.7. The van der Waals surface area contributed by atoms with Gasteiger partial charge in [0.2, 0.25) is 0 Å². The van der Waals surface area contributed by atoms with E-state index in [1.807, 2.05) is 6.07 Å². The van der Waals surface area contributed by atoms with Gasteiger partial charge in [-0.3, -0.25) is 9.69 Å². The average Bonchev–Trinajstić information content (AvgIpc) is 2.96.